The summed E-state index contributed by atoms with van der Waals surface area (Å²) < 4.78 is 0. The van der Waals surface area contributed by atoms with Crippen LogP contribution < -0.4 is 10.2 Å². The van der Waals surface area contributed by atoms with Crippen LogP contribution in [0.1, 0.15) is 0 Å². The van der Waals surface area contributed by atoms with Crippen molar-refractivity contribution in [1.82, 2.24) is 0 Å². The van der Waals surface area contributed by atoms with E-state index in [4.69, 9.17) is 0 Å². The molecule has 0 atom stereocenters. The number of hydrogen-bond donors (Lipinski definition) is 0. The number of para-hydroxylation sites is 2. The maximum absolute atomic E-state index is 10.3. The molecule has 4 heteroatoms. The molecule has 0 saturated heterocycles. The van der Waals surface area contributed by atoms with Crippen LogP contribution in [0.4, 0.5) is 0 Å². The van der Waals surface area contributed by atoms with Gasteiger partial charge in [-0.05, 0) is 64.2 Å². The molecule has 3 rings (SSSR count). The Hall–Kier alpha value is -0.636. The normalized spacial score (nSPS) is 15.6. The van der Waals surface area contributed by atoms with Crippen molar-refractivity contribution in [3.63, 3.8) is 0 Å². The minimum absolute atomic E-state index is 0. The molecule has 2 aliphatic carbocycles. The van der Waals surface area contributed by atoms with Gasteiger partial charge in [-0.2, -0.15) is 0 Å². The van der Waals surface area contributed by atoms with Crippen LogP contribution in [-0.4, -0.2) is 0 Å². The van der Waals surface area contributed by atoms with Crippen molar-refractivity contribution >= 4 is 0 Å². The second-order valence-corrected chi connectivity index (χ2v) is 3.37. The standard InChI is InChI=1S/C6H6O2.2C5H5.O.V/c7-5-3-1-2-4-6(5)8;2*1-2-4-5-3-1;;/h1-4,7-8H;2*1-5H;;/q;;;-2;+4/p-2. The van der Waals surface area contributed by atoms with E-state index in [9.17, 15) is 10.2 Å². The molecule has 1 aromatic rings. The molecule has 0 unspecified atom stereocenters. The predicted molar refractivity (Wildman–Crippen MR) is 69.0 cm³/mol. The quantitative estimate of drug-likeness (QED) is 0.732. The van der Waals surface area contributed by atoms with E-state index >= 15 is 0 Å². The number of rotatable bonds is 0. The summed E-state index contributed by atoms with van der Waals surface area (Å²) in [5.74, 6) is -0.875. The third-order valence-corrected chi connectivity index (χ3v) is 1.96. The molecule has 0 aromatic heterocycles. The second-order valence-electron chi connectivity index (χ2n) is 3.37. The van der Waals surface area contributed by atoms with Gasteiger partial charge in [-0.25, -0.2) is 0 Å². The summed E-state index contributed by atoms with van der Waals surface area (Å²) >= 11 is 0. The minimum atomic E-state index is -0.437. The fourth-order valence-corrected chi connectivity index (χ4v) is 1.09. The van der Waals surface area contributed by atoms with Gasteiger partial charge in [0.15, 0.2) is 0 Å². The van der Waals surface area contributed by atoms with Gasteiger partial charge in [0.25, 0.3) is 0 Å². The van der Waals surface area contributed by atoms with E-state index < -0.39 is 11.5 Å². The van der Waals surface area contributed by atoms with Crippen LogP contribution in [0.15, 0.2) is 24.3 Å². The molecule has 11 radical (unpaired) electrons. The molecule has 0 amide bonds. The molecule has 0 bridgehead atoms. The van der Waals surface area contributed by atoms with E-state index in [2.05, 4.69) is 0 Å². The molecule has 2 aliphatic rings. The summed E-state index contributed by atoms with van der Waals surface area (Å²) in [6, 6.07) is 5.60. The van der Waals surface area contributed by atoms with Gasteiger partial charge in [-0.15, -0.1) is 11.5 Å². The Morgan fingerprint density at radius 1 is 0.500 bits per heavy atom. The van der Waals surface area contributed by atoms with Gasteiger partial charge in [-0.3, -0.25) is 0 Å². The zero-order chi connectivity index (χ0) is 13.1. The third-order valence-electron chi connectivity index (χ3n) is 1.96. The van der Waals surface area contributed by atoms with Gasteiger partial charge in [0, 0.05) is 0 Å². The zero-order valence-electron chi connectivity index (χ0n) is 10.8. The fourth-order valence-electron chi connectivity index (χ4n) is 1.09. The molecule has 0 spiro atoms. The van der Waals surface area contributed by atoms with Crippen LogP contribution >= 0.6 is 0 Å². The molecular weight excluding hydrogens is 291 g/mol. The molecular formula is C16H14O3V. The van der Waals surface area contributed by atoms with Crippen LogP contribution in [0.5, 0.6) is 11.5 Å². The van der Waals surface area contributed by atoms with Crippen molar-refractivity contribution in [2.75, 3.05) is 0 Å². The Labute approximate surface area is 134 Å². The average Bonchev–Trinajstić information content (AvgIpc) is 3.11. The Bertz CT molecular complexity index is 264. The van der Waals surface area contributed by atoms with Gasteiger partial charge in [0.2, 0.25) is 0 Å². The van der Waals surface area contributed by atoms with E-state index in [0.717, 1.165) is 0 Å². The van der Waals surface area contributed by atoms with Crippen molar-refractivity contribution in [3.05, 3.63) is 88.5 Å². The molecule has 0 aliphatic heterocycles. The van der Waals surface area contributed by atoms with Gasteiger partial charge in [-0.1, -0.05) is 24.3 Å². The molecule has 1 aromatic carbocycles. The van der Waals surface area contributed by atoms with E-state index in [1.54, 1.807) is 12.1 Å². The van der Waals surface area contributed by atoms with E-state index in [-0.39, 0.29) is 24.0 Å². The molecule has 0 heterocycles. The number of hydrogen-bond acceptors (Lipinski definition) is 2. The van der Waals surface area contributed by atoms with Crippen molar-refractivity contribution < 1.29 is 34.2 Å². The van der Waals surface area contributed by atoms with E-state index in [1.807, 2.05) is 64.2 Å². The SMILES string of the molecule is [CH]1[CH][CH][CH][CH]1.[CH]1[CH][CH][CH][CH]1.[O-2].[O-]c1ccccc1[O-].[V+4]. The molecule has 2 fully saturated rings. The second kappa shape index (κ2) is 14.8. The minimum Gasteiger partial charge on any atom is -2.00 e. The first-order valence-electron chi connectivity index (χ1n) is 5.57. The van der Waals surface area contributed by atoms with Crippen molar-refractivity contribution in [1.29, 1.82) is 0 Å². The van der Waals surface area contributed by atoms with Gasteiger partial charge in [0.05, 0.1) is 0 Å². The first kappa shape index (κ1) is 21.7. The summed E-state index contributed by atoms with van der Waals surface area (Å²) in [7, 11) is 0. The van der Waals surface area contributed by atoms with Crippen LogP contribution in [0.2, 0.25) is 0 Å². The van der Waals surface area contributed by atoms with Gasteiger partial charge < -0.3 is 15.7 Å². The number of benzene rings is 1. The smallest absolute Gasteiger partial charge is 2.00 e. The molecule has 101 valence electrons. The average molecular weight is 305 g/mol. The predicted octanol–water partition coefficient (Wildman–Crippen LogP) is 1.76. The third kappa shape index (κ3) is 11.2. The van der Waals surface area contributed by atoms with Crippen molar-refractivity contribution in [2.24, 2.45) is 0 Å². The van der Waals surface area contributed by atoms with Crippen LogP contribution in [-0.2, 0) is 24.0 Å². The summed E-state index contributed by atoms with van der Waals surface area (Å²) in [6.45, 7) is 0. The van der Waals surface area contributed by atoms with Crippen molar-refractivity contribution in [3.8, 4) is 11.5 Å². The topological polar surface area (TPSA) is 74.6 Å². The van der Waals surface area contributed by atoms with Gasteiger partial charge in [0.1, 0.15) is 0 Å². The Balaban J connectivity index is 0. The molecule has 3 nitrogen and oxygen atoms in total. The van der Waals surface area contributed by atoms with Crippen molar-refractivity contribution in [2.45, 2.75) is 0 Å². The molecule has 20 heavy (non-hydrogen) atoms. The van der Waals surface area contributed by atoms with Crippen LogP contribution in [0.25, 0.3) is 0 Å². The molecule has 2 saturated carbocycles. The monoisotopic (exact) mass is 305 g/mol. The first-order chi connectivity index (χ1) is 8.80. The van der Waals surface area contributed by atoms with E-state index in [1.165, 1.54) is 12.1 Å². The van der Waals surface area contributed by atoms with Gasteiger partial charge >= 0.3 is 18.6 Å². The maximum atomic E-state index is 10.3. The molecule has 0 N–H and O–H groups in total. The Morgan fingerprint density at radius 2 is 0.700 bits per heavy atom. The zero-order valence-corrected chi connectivity index (χ0v) is 12.2. The summed E-state index contributed by atoms with van der Waals surface area (Å²) in [4.78, 5) is 0. The van der Waals surface area contributed by atoms with Crippen LogP contribution in [0.3, 0.4) is 0 Å². The summed E-state index contributed by atoms with van der Waals surface area (Å²) in [5, 5.41) is 20.6. The van der Waals surface area contributed by atoms with Crippen LogP contribution in [0, 0.1) is 64.2 Å². The Morgan fingerprint density at radius 3 is 0.850 bits per heavy atom. The Kier molecular flexibility index (Phi) is 16.0. The largest absolute Gasteiger partial charge is 4.00 e. The summed E-state index contributed by atoms with van der Waals surface area (Å²) in [5.41, 5.74) is 0. The maximum Gasteiger partial charge on any atom is 4.00 e. The fraction of sp³-hybridized carbons (Fsp3) is 0. The van der Waals surface area contributed by atoms with E-state index in [0.29, 0.717) is 0 Å². The first-order valence-corrected chi connectivity index (χ1v) is 5.57. The summed E-state index contributed by atoms with van der Waals surface area (Å²) in [6.07, 6.45) is 20.0.